The highest BCUT2D eigenvalue weighted by molar-refractivity contribution is 7.99. The van der Waals surface area contributed by atoms with Crippen LogP contribution in [0.2, 0.25) is 0 Å². The molecule has 0 aromatic heterocycles. The fraction of sp³-hybridized carbons (Fsp3) is 0.929. The van der Waals surface area contributed by atoms with Gasteiger partial charge in [0.1, 0.15) is 0 Å². The lowest BCUT2D eigenvalue weighted by atomic mass is 9.82. The van der Waals surface area contributed by atoms with E-state index in [1.807, 2.05) is 16.7 Å². The zero-order valence-corrected chi connectivity index (χ0v) is 12.9. The van der Waals surface area contributed by atoms with Crippen LogP contribution in [-0.4, -0.2) is 61.2 Å². The second-order valence-corrected chi connectivity index (χ2v) is 7.21. The molecule has 2 aliphatic rings. The van der Waals surface area contributed by atoms with E-state index in [-0.39, 0.29) is 5.91 Å². The predicted molar refractivity (Wildman–Crippen MR) is 79.5 cm³/mol. The van der Waals surface area contributed by atoms with E-state index in [2.05, 4.69) is 19.2 Å². The Bertz CT molecular complexity index is 304. The number of hydrogen-bond donors (Lipinski definition) is 1. The third kappa shape index (κ3) is 4.36. The molecular weight excluding hydrogens is 260 g/mol. The molecule has 0 spiro atoms. The summed E-state index contributed by atoms with van der Waals surface area (Å²) in [5, 5.41) is 3.58. The van der Waals surface area contributed by atoms with Crippen molar-refractivity contribution in [3.63, 3.8) is 0 Å². The molecule has 1 unspecified atom stereocenters. The van der Waals surface area contributed by atoms with Gasteiger partial charge in [-0.05, 0) is 17.6 Å². The number of morpholine rings is 1. The van der Waals surface area contributed by atoms with E-state index in [0.717, 1.165) is 19.6 Å². The van der Waals surface area contributed by atoms with Crippen LogP contribution in [0.15, 0.2) is 0 Å². The first-order valence-corrected chi connectivity index (χ1v) is 8.42. The molecular formula is C14H26N2O2S. The van der Waals surface area contributed by atoms with Crippen LogP contribution >= 0.6 is 11.8 Å². The molecule has 4 nitrogen and oxygen atoms in total. The van der Waals surface area contributed by atoms with Crippen LogP contribution in [0, 0.1) is 5.41 Å². The molecule has 2 aliphatic heterocycles. The van der Waals surface area contributed by atoms with E-state index < -0.39 is 0 Å². The van der Waals surface area contributed by atoms with Crippen molar-refractivity contribution < 1.29 is 9.53 Å². The summed E-state index contributed by atoms with van der Waals surface area (Å²) in [6.07, 6.45) is 1.87. The lowest BCUT2D eigenvalue weighted by Gasteiger charge is -2.39. The zero-order valence-electron chi connectivity index (χ0n) is 12.1. The van der Waals surface area contributed by atoms with Gasteiger partial charge < -0.3 is 15.0 Å². The number of rotatable bonds is 4. The Hall–Kier alpha value is -0.260. The highest BCUT2D eigenvalue weighted by Gasteiger charge is 2.32. The zero-order chi connectivity index (χ0) is 13.7. The number of hydrogen-bond acceptors (Lipinski definition) is 4. The van der Waals surface area contributed by atoms with Gasteiger partial charge in [-0.3, -0.25) is 4.79 Å². The minimum Gasteiger partial charge on any atom is -0.378 e. The van der Waals surface area contributed by atoms with E-state index >= 15 is 0 Å². The molecule has 19 heavy (non-hydrogen) atoms. The standard InChI is InChI=1S/C14H26N2O2S/c1-14(2)4-10-19-11-12(14)15-5-3-13(17)16-6-8-18-9-7-16/h12,15H,3-11H2,1-2H3. The lowest BCUT2D eigenvalue weighted by Crippen LogP contribution is -2.48. The summed E-state index contributed by atoms with van der Waals surface area (Å²) >= 11 is 2.02. The largest absolute Gasteiger partial charge is 0.378 e. The van der Waals surface area contributed by atoms with Gasteiger partial charge in [-0.15, -0.1) is 0 Å². The van der Waals surface area contributed by atoms with Crippen LogP contribution in [0.5, 0.6) is 0 Å². The minimum absolute atomic E-state index is 0.261. The molecule has 1 amide bonds. The summed E-state index contributed by atoms with van der Waals surface area (Å²) in [5.74, 6) is 2.69. The van der Waals surface area contributed by atoms with Crippen LogP contribution in [0.1, 0.15) is 26.7 Å². The Morgan fingerprint density at radius 2 is 2.16 bits per heavy atom. The van der Waals surface area contributed by atoms with Gasteiger partial charge >= 0.3 is 0 Å². The molecule has 2 rings (SSSR count). The fourth-order valence-corrected chi connectivity index (χ4v) is 4.24. The maximum Gasteiger partial charge on any atom is 0.224 e. The first kappa shape index (κ1) is 15.1. The van der Waals surface area contributed by atoms with Crippen LogP contribution in [0.25, 0.3) is 0 Å². The Balaban J connectivity index is 1.69. The van der Waals surface area contributed by atoms with E-state index in [4.69, 9.17) is 4.74 Å². The molecule has 1 atom stereocenters. The first-order chi connectivity index (χ1) is 9.09. The maximum absolute atomic E-state index is 12.0. The number of carbonyl (C=O) groups excluding carboxylic acids is 1. The summed E-state index contributed by atoms with van der Waals surface area (Å²) in [7, 11) is 0. The van der Waals surface area contributed by atoms with E-state index in [0.29, 0.717) is 31.1 Å². The second-order valence-electron chi connectivity index (χ2n) is 6.06. The Labute approximate surface area is 120 Å². The third-order valence-electron chi connectivity index (χ3n) is 4.21. The molecule has 2 fully saturated rings. The Kier molecular flexibility index (Phi) is 5.54. The molecule has 110 valence electrons. The normalized spacial score (nSPS) is 27.3. The molecule has 0 saturated carbocycles. The fourth-order valence-electron chi connectivity index (χ4n) is 2.60. The highest BCUT2D eigenvalue weighted by Crippen LogP contribution is 2.33. The molecule has 2 heterocycles. The van der Waals surface area contributed by atoms with Gasteiger partial charge in [-0.2, -0.15) is 11.8 Å². The van der Waals surface area contributed by atoms with Crippen molar-refractivity contribution in [2.24, 2.45) is 5.41 Å². The molecule has 0 radical (unpaired) electrons. The SMILES string of the molecule is CC1(C)CCSCC1NCCC(=O)N1CCOCC1. The molecule has 2 saturated heterocycles. The number of nitrogens with one attached hydrogen (secondary N) is 1. The Morgan fingerprint density at radius 3 is 2.84 bits per heavy atom. The topological polar surface area (TPSA) is 41.6 Å². The van der Waals surface area contributed by atoms with Crippen molar-refractivity contribution >= 4 is 17.7 Å². The van der Waals surface area contributed by atoms with Crippen molar-refractivity contribution in [3.05, 3.63) is 0 Å². The maximum atomic E-state index is 12.0. The molecule has 1 N–H and O–H groups in total. The van der Waals surface area contributed by atoms with Crippen molar-refractivity contribution in [2.75, 3.05) is 44.4 Å². The van der Waals surface area contributed by atoms with Crippen molar-refractivity contribution in [2.45, 2.75) is 32.7 Å². The van der Waals surface area contributed by atoms with Crippen LogP contribution in [0.3, 0.4) is 0 Å². The van der Waals surface area contributed by atoms with Gasteiger partial charge in [-0.25, -0.2) is 0 Å². The molecule has 0 aromatic carbocycles. The van der Waals surface area contributed by atoms with Gasteiger partial charge in [0, 0.05) is 37.8 Å². The monoisotopic (exact) mass is 286 g/mol. The van der Waals surface area contributed by atoms with E-state index in [1.54, 1.807) is 0 Å². The first-order valence-electron chi connectivity index (χ1n) is 7.26. The van der Waals surface area contributed by atoms with Crippen LogP contribution in [-0.2, 0) is 9.53 Å². The van der Waals surface area contributed by atoms with Crippen LogP contribution in [0.4, 0.5) is 0 Å². The summed E-state index contributed by atoms with van der Waals surface area (Å²) in [6.45, 7) is 8.33. The predicted octanol–water partition coefficient (Wildman–Crippen LogP) is 1.36. The Morgan fingerprint density at radius 1 is 1.42 bits per heavy atom. The molecule has 0 aliphatic carbocycles. The number of ether oxygens (including phenoxy) is 1. The number of amides is 1. The smallest absolute Gasteiger partial charge is 0.224 e. The quantitative estimate of drug-likeness (QED) is 0.847. The van der Waals surface area contributed by atoms with E-state index in [9.17, 15) is 4.79 Å². The van der Waals surface area contributed by atoms with Crippen molar-refractivity contribution in [1.82, 2.24) is 10.2 Å². The van der Waals surface area contributed by atoms with Crippen LogP contribution < -0.4 is 5.32 Å². The van der Waals surface area contributed by atoms with Gasteiger partial charge in [0.25, 0.3) is 0 Å². The van der Waals surface area contributed by atoms with Gasteiger partial charge in [0.15, 0.2) is 0 Å². The third-order valence-corrected chi connectivity index (χ3v) is 5.27. The van der Waals surface area contributed by atoms with Gasteiger partial charge in [0.2, 0.25) is 5.91 Å². The second kappa shape index (κ2) is 6.95. The number of carbonyl (C=O) groups is 1. The van der Waals surface area contributed by atoms with Crippen molar-refractivity contribution in [3.8, 4) is 0 Å². The van der Waals surface area contributed by atoms with E-state index in [1.165, 1.54) is 17.9 Å². The summed E-state index contributed by atoms with van der Waals surface area (Å²) < 4.78 is 5.26. The number of thioether (sulfide) groups is 1. The summed E-state index contributed by atoms with van der Waals surface area (Å²) in [6, 6.07) is 0.531. The average molecular weight is 286 g/mol. The highest BCUT2D eigenvalue weighted by atomic mass is 32.2. The molecule has 0 bridgehead atoms. The molecule has 5 heteroatoms. The van der Waals surface area contributed by atoms with Gasteiger partial charge in [0.05, 0.1) is 13.2 Å². The number of nitrogens with zero attached hydrogens (tertiary/aromatic N) is 1. The van der Waals surface area contributed by atoms with Crippen molar-refractivity contribution in [1.29, 1.82) is 0 Å². The van der Waals surface area contributed by atoms with Gasteiger partial charge in [-0.1, -0.05) is 13.8 Å². The lowest BCUT2D eigenvalue weighted by molar-refractivity contribution is -0.135. The minimum atomic E-state index is 0.261. The summed E-state index contributed by atoms with van der Waals surface area (Å²) in [4.78, 5) is 13.9. The average Bonchev–Trinajstić information content (AvgIpc) is 2.41. The molecule has 0 aromatic rings. The summed E-state index contributed by atoms with van der Waals surface area (Å²) in [5.41, 5.74) is 0.354.